The minimum atomic E-state index is -0.357. The van der Waals surface area contributed by atoms with Crippen LogP contribution in [0.4, 0.5) is 4.79 Å². The smallest absolute Gasteiger partial charge is 0.409 e. The van der Waals surface area contributed by atoms with Crippen LogP contribution < -0.4 is 5.56 Å². The second-order valence-corrected chi connectivity index (χ2v) is 5.08. The second-order valence-electron chi connectivity index (χ2n) is 5.08. The number of carbonyl (C=O) groups is 1. The summed E-state index contributed by atoms with van der Waals surface area (Å²) < 4.78 is 6.62. The van der Waals surface area contributed by atoms with E-state index in [1.165, 1.54) is 12.4 Å². The van der Waals surface area contributed by atoms with E-state index < -0.39 is 0 Å². The van der Waals surface area contributed by atoms with Gasteiger partial charge in [-0.3, -0.25) is 9.36 Å². The van der Waals surface area contributed by atoms with Crippen LogP contribution in [0.5, 0.6) is 0 Å². The molecule has 1 aliphatic heterocycles. The van der Waals surface area contributed by atoms with Crippen LogP contribution in [0.15, 0.2) is 29.5 Å². The van der Waals surface area contributed by atoms with Gasteiger partial charge in [0.05, 0.1) is 18.0 Å². The van der Waals surface area contributed by atoms with Crippen molar-refractivity contribution in [3.05, 3.63) is 40.8 Å². The van der Waals surface area contributed by atoms with Crippen molar-refractivity contribution in [3.63, 3.8) is 0 Å². The molecular formula is C15H17N5O3. The van der Waals surface area contributed by atoms with E-state index in [0.29, 0.717) is 49.9 Å². The zero-order chi connectivity index (χ0) is 16.2. The molecule has 0 radical (unpaired) electrons. The van der Waals surface area contributed by atoms with E-state index in [0.717, 1.165) is 0 Å². The third-order valence-electron chi connectivity index (χ3n) is 3.66. The number of nitrogens with zero attached hydrogens (tertiary/aromatic N) is 5. The molecule has 8 heteroatoms. The molecule has 2 aromatic rings. The van der Waals surface area contributed by atoms with Crippen LogP contribution in [-0.2, 0) is 17.7 Å². The van der Waals surface area contributed by atoms with Crippen molar-refractivity contribution in [3.8, 4) is 11.4 Å². The Morgan fingerprint density at radius 2 is 2.17 bits per heavy atom. The Morgan fingerprint density at radius 3 is 2.91 bits per heavy atom. The van der Waals surface area contributed by atoms with Gasteiger partial charge in [0.1, 0.15) is 12.2 Å². The first kappa shape index (κ1) is 15.1. The van der Waals surface area contributed by atoms with E-state index in [-0.39, 0.29) is 11.7 Å². The van der Waals surface area contributed by atoms with Gasteiger partial charge in [0, 0.05) is 38.3 Å². The average Bonchev–Trinajstić information content (AvgIpc) is 2.79. The van der Waals surface area contributed by atoms with Crippen molar-refractivity contribution in [1.82, 2.24) is 24.4 Å². The van der Waals surface area contributed by atoms with Gasteiger partial charge >= 0.3 is 6.09 Å². The third kappa shape index (κ3) is 3.20. The Labute approximate surface area is 132 Å². The topological polar surface area (TPSA) is 90.2 Å². The van der Waals surface area contributed by atoms with Gasteiger partial charge in [0.15, 0.2) is 0 Å². The van der Waals surface area contributed by atoms with Crippen molar-refractivity contribution in [2.45, 2.75) is 19.9 Å². The molecule has 3 heterocycles. The number of aromatic nitrogens is 4. The first-order valence-corrected chi connectivity index (χ1v) is 7.48. The molecule has 1 amide bonds. The van der Waals surface area contributed by atoms with E-state index >= 15 is 0 Å². The largest absolute Gasteiger partial charge is 0.450 e. The molecule has 8 nitrogen and oxygen atoms in total. The van der Waals surface area contributed by atoms with Gasteiger partial charge in [-0.2, -0.15) is 0 Å². The zero-order valence-corrected chi connectivity index (χ0v) is 12.8. The Balaban J connectivity index is 1.89. The van der Waals surface area contributed by atoms with Crippen molar-refractivity contribution in [1.29, 1.82) is 0 Å². The fourth-order valence-corrected chi connectivity index (χ4v) is 2.52. The number of hydrogen-bond donors (Lipinski definition) is 0. The molecule has 3 rings (SSSR count). The Kier molecular flexibility index (Phi) is 4.31. The molecule has 0 saturated heterocycles. The van der Waals surface area contributed by atoms with Gasteiger partial charge in [-0.05, 0) is 13.0 Å². The predicted molar refractivity (Wildman–Crippen MR) is 81.8 cm³/mol. The molecule has 23 heavy (non-hydrogen) atoms. The maximum atomic E-state index is 12.4. The third-order valence-corrected chi connectivity index (χ3v) is 3.66. The highest BCUT2D eigenvalue weighted by atomic mass is 16.6. The summed E-state index contributed by atoms with van der Waals surface area (Å²) in [5.41, 5.74) is 0.981. The van der Waals surface area contributed by atoms with Gasteiger partial charge < -0.3 is 9.64 Å². The highest BCUT2D eigenvalue weighted by Gasteiger charge is 2.21. The van der Waals surface area contributed by atoms with Crippen LogP contribution in [0, 0.1) is 0 Å². The highest BCUT2D eigenvalue weighted by Crippen LogP contribution is 2.13. The number of hydrogen-bond acceptors (Lipinski definition) is 6. The number of amides is 1. The van der Waals surface area contributed by atoms with Crippen LogP contribution in [-0.4, -0.2) is 50.2 Å². The van der Waals surface area contributed by atoms with Crippen molar-refractivity contribution in [2.75, 3.05) is 19.7 Å². The van der Waals surface area contributed by atoms with Crippen LogP contribution in [0.1, 0.15) is 12.7 Å². The van der Waals surface area contributed by atoms with Gasteiger partial charge in [-0.25, -0.2) is 19.7 Å². The fourth-order valence-electron chi connectivity index (χ4n) is 2.52. The van der Waals surface area contributed by atoms with Gasteiger partial charge in [0.25, 0.3) is 5.56 Å². The van der Waals surface area contributed by atoms with Crippen molar-refractivity contribution < 1.29 is 9.53 Å². The van der Waals surface area contributed by atoms with E-state index in [2.05, 4.69) is 15.0 Å². The van der Waals surface area contributed by atoms with E-state index in [1.54, 1.807) is 28.7 Å². The molecule has 0 fully saturated rings. The summed E-state index contributed by atoms with van der Waals surface area (Å²) in [4.78, 5) is 38.3. The van der Waals surface area contributed by atoms with Crippen LogP contribution >= 0.6 is 0 Å². The van der Waals surface area contributed by atoms with Crippen LogP contribution in [0.2, 0.25) is 0 Å². The lowest BCUT2D eigenvalue weighted by Gasteiger charge is -2.18. The minimum absolute atomic E-state index is 0.144. The standard InChI is InChI=1S/C15H17N5O3/c1-2-23-15(22)19-6-4-13-18-12(11-3-5-16-10-17-11)9-14(21)20(13)8-7-19/h3,5,9-10H,2,4,6-8H2,1H3. The van der Waals surface area contributed by atoms with Crippen LogP contribution in [0.25, 0.3) is 11.4 Å². The molecule has 0 saturated carbocycles. The quantitative estimate of drug-likeness (QED) is 0.811. The zero-order valence-electron chi connectivity index (χ0n) is 12.8. The maximum Gasteiger partial charge on any atom is 0.409 e. The van der Waals surface area contributed by atoms with Gasteiger partial charge in [-0.1, -0.05) is 0 Å². The molecule has 0 aliphatic carbocycles. The molecule has 0 spiro atoms. The average molecular weight is 315 g/mol. The summed E-state index contributed by atoms with van der Waals surface area (Å²) in [7, 11) is 0. The molecule has 120 valence electrons. The maximum absolute atomic E-state index is 12.4. The molecule has 1 aliphatic rings. The number of carbonyl (C=O) groups excluding carboxylic acids is 1. The van der Waals surface area contributed by atoms with E-state index in [1.807, 2.05) is 0 Å². The van der Waals surface area contributed by atoms with Crippen LogP contribution in [0.3, 0.4) is 0 Å². The molecule has 0 bridgehead atoms. The lowest BCUT2D eigenvalue weighted by atomic mass is 10.2. The summed E-state index contributed by atoms with van der Waals surface area (Å²) in [6.07, 6.45) is 3.16. The summed E-state index contributed by atoms with van der Waals surface area (Å²) in [5.74, 6) is 0.651. The summed E-state index contributed by atoms with van der Waals surface area (Å²) in [6.45, 7) is 3.41. The Bertz CT molecular complexity index is 759. The van der Waals surface area contributed by atoms with Gasteiger partial charge in [0.2, 0.25) is 0 Å². The highest BCUT2D eigenvalue weighted by molar-refractivity contribution is 5.67. The summed E-state index contributed by atoms with van der Waals surface area (Å²) >= 11 is 0. The molecule has 0 N–H and O–H groups in total. The van der Waals surface area contributed by atoms with E-state index in [9.17, 15) is 9.59 Å². The number of rotatable bonds is 2. The Hall–Kier alpha value is -2.77. The molecule has 0 unspecified atom stereocenters. The SMILES string of the molecule is CCOC(=O)N1CCc2nc(-c3ccncn3)cc(=O)n2CC1. The molecular weight excluding hydrogens is 298 g/mol. The molecule has 0 atom stereocenters. The minimum Gasteiger partial charge on any atom is -0.450 e. The lowest BCUT2D eigenvalue weighted by Crippen LogP contribution is -2.34. The lowest BCUT2D eigenvalue weighted by molar-refractivity contribution is 0.108. The van der Waals surface area contributed by atoms with Crippen molar-refractivity contribution in [2.24, 2.45) is 0 Å². The Morgan fingerprint density at radius 1 is 1.30 bits per heavy atom. The fraction of sp³-hybridized carbons (Fsp3) is 0.400. The first-order valence-electron chi connectivity index (χ1n) is 7.48. The summed E-state index contributed by atoms with van der Waals surface area (Å²) in [6, 6.07) is 3.17. The second kappa shape index (κ2) is 6.55. The summed E-state index contributed by atoms with van der Waals surface area (Å²) in [5, 5.41) is 0. The first-order chi connectivity index (χ1) is 11.2. The van der Waals surface area contributed by atoms with Crippen molar-refractivity contribution >= 4 is 6.09 Å². The van der Waals surface area contributed by atoms with E-state index in [4.69, 9.17) is 4.74 Å². The molecule has 2 aromatic heterocycles. The normalized spacial score (nSPS) is 14.0. The predicted octanol–water partition coefficient (Wildman–Crippen LogP) is 0.715. The molecule has 0 aromatic carbocycles. The van der Waals surface area contributed by atoms with Gasteiger partial charge in [-0.15, -0.1) is 0 Å². The number of fused-ring (bicyclic) bond motifs is 1. The monoisotopic (exact) mass is 315 g/mol. The number of ether oxygens (including phenoxy) is 1.